The molecule has 0 amide bonds. The fourth-order valence-electron chi connectivity index (χ4n) is 1.49. The predicted molar refractivity (Wildman–Crippen MR) is 66.1 cm³/mol. The summed E-state index contributed by atoms with van der Waals surface area (Å²) in [5.41, 5.74) is 0.478. The molecule has 108 valence electrons. The second kappa shape index (κ2) is 6.88. The number of rotatable bonds is 6. The van der Waals surface area contributed by atoms with Crippen molar-refractivity contribution in [1.29, 1.82) is 0 Å². The maximum atomic E-state index is 9.80. The monoisotopic (exact) mass is 272 g/mol. The highest BCUT2D eigenvalue weighted by atomic mass is 16.4. The molecule has 0 aromatic carbocycles. The molecule has 7 heteroatoms. The van der Waals surface area contributed by atoms with Gasteiger partial charge in [-0.1, -0.05) is 0 Å². The summed E-state index contributed by atoms with van der Waals surface area (Å²) in [6, 6.07) is 0. The van der Waals surface area contributed by atoms with E-state index < -0.39 is 30.5 Å². The normalized spacial score (nSPS) is 19.5. The molecule has 0 aliphatic rings. The van der Waals surface area contributed by atoms with Crippen molar-refractivity contribution in [3.63, 3.8) is 0 Å². The summed E-state index contributed by atoms with van der Waals surface area (Å²) in [6.45, 7) is 2.80. The molecule has 0 saturated carbocycles. The van der Waals surface area contributed by atoms with Crippen molar-refractivity contribution >= 4 is 0 Å². The lowest BCUT2D eigenvalue weighted by atomic mass is 10.1. The van der Waals surface area contributed by atoms with Crippen LogP contribution >= 0.6 is 0 Å². The molecule has 1 rings (SSSR count). The van der Waals surface area contributed by atoms with Gasteiger partial charge in [0.05, 0.1) is 35.9 Å². The Bertz CT molecular complexity index is 399. The Morgan fingerprint density at radius 1 is 1.00 bits per heavy atom. The van der Waals surface area contributed by atoms with Crippen LogP contribution in [0.2, 0.25) is 0 Å². The van der Waals surface area contributed by atoms with Gasteiger partial charge in [-0.05, 0) is 13.8 Å². The van der Waals surface area contributed by atoms with Crippen molar-refractivity contribution in [1.82, 2.24) is 9.97 Å². The van der Waals surface area contributed by atoms with E-state index in [0.29, 0.717) is 5.69 Å². The third-order valence-corrected chi connectivity index (χ3v) is 2.80. The van der Waals surface area contributed by atoms with Crippen molar-refractivity contribution in [2.45, 2.75) is 50.8 Å². The third-order valence-electron chi connectivity index (χ3n) is 2.80. The number of aromatic nitrogens is 2. The molecule has 0 aliphatic carbocycles. The summed E-state index contributed by atoms with van der Waals surface area (Å²) >= 11 is 0. The smallest absolute Gasteiger partial charge is 0.126 e. The highest BCUT2D eigenvalue weighted by Crippen LogP contribution is 2.17. The first kappa shape index (κ1) is 15.9. The van der Waals surface area contributed by atoms with Crippen molar-refractivity contribution < 1.29 is 25.5 Å². The topological polar surface area (TPSA) is 127 Å². The number of hydrogen-bond donors (Lipinski definition) is 5. The molecular formula is C12H20N2O5. The second-order valence-corrected chi connectivity index (χ2v) is 4.62. The Hall–Kier alpha value is -1.12. The molecular weight excluding hydrogens is 252 g/mol. The predicted octanol–water partition coefficient (Wildman–Crippen LogP) is -1.46. The third kappa shape index (κ3) is 4.48. The molecule has 1 aromatic heterocycles. The summed E-state index contributed by atoms with van der Waals surface area (Å²) in [6.07, 6.45) is -2.98. The lowest BCUT2D eigenvalue weighted by Gasteiger charge is -2.20. The summed E-state index contributed by atoms with van der Waals surface area (Å²) in [5.74, 6) is 0. The first-order valence-corrected chi connectivity index (χ1v) is 6.04. The lowest BCUT2D eigenvalue weighted by molar-refractivity contribution is -0.0550. The van der Waals surface area contributed by atoms with Crippen LogP contribution in [0.5, 0.6) is 0 Å². The van der Waals surface area contributed by atoms with E-state index in [-0.39, 0.29) is 12.1 Å². The Labute approximate surface area is 111 Å². The van der Waals surface area contributed by atoms with Gasteiger partial charge in [-0.25, -0.2) is 0 Å². The van der Waals surface area contributed by atoms with E-state index in [1.54, 1.807) is 0 Å². The number of nitrogens with zero attached hydrogens (tertiary/aromatic N) is 2. The van der Waals surface area contributed by atoms with Gasteiger partial charge in [-0.15, -0.1) is 0 Å². The molecule has 0 saturated heterocycles. The molecule has 0 fully saturated rings. The van der Waals surface area contributed by atoms with Gasteiger partial charge in [-0.3, -0.25) is 9.97 Å². The average molecular weight is 272 g/mol. The maximum absolute atomic E-state index is 9.80. The van der Waals surface area contributed by atoms with Crippen LogP contribution in [0.25, 0.3) is 0 Å². The van der Waals surface area contributed by atoms with Crippen LogP contribution in [-0.2, 0) is 6.42 Å². The Morgan fingerprint density at radius 2 is 1.63 bits per heavy atom. The van der Waals surface area contributed by atoms with Crippen molar-refractivity contribution in [2.75, 3.05) is 0 Å². The van der Waals surface area contributed by atoms with Crippen LogP contribution < -0.4 is 0 Å². The zero-order chi connectivity index (χ0) is 14.6. The molecule has 0 spiro atoms. The highest BCUT2D eigenvalue weighted by Gasteiger charge is 2.24. The number of aliphatic hydroxyl groups excluding tert-OH is 5. The fourth-order valence-corrected chi connectivity index (χ4v) is 1.49. The zero-order valence-corrected chi connectivity index (χ0v) is 10.9. The molecule has 1 heterocycles. The quantitative estimate of drug-likeness (QED) is 0.428. The molecule has 5 atom stereocenters. The summed E-state index contributed by atoms with van der Waals surface area (Å²) in [7, 11) is 0. The SMILES string of the molecule is CC(O)C(O)Cc1cncc(C(O)C(O)C(C)O)n1. The Morgan fingerprint density at radius 3 is 2.16 bits per heavy atom. The second-order valence-electron chi connectivity index (χ2n) is 4.62. The largest absolute Gasteiger partial charge is 0.391 e. The summed E-state index contributed by atoms with van der Waals surface area (Å²) < 4.78 is 0. The van der Waals surface area contributed by atoms with E-state index in [1.807, 2.05) is 0 Å². The van der Waals surface area contributed by atoms with Gasteiger partial charge >= 0.3 is 0 Å². The van der Waals surface area contributed by atoms with Gasteiger partial charge in [0.15, 0.2) is 0 Å². The molecule has 5 N–H and O–H groups in total. The van der Waals surface area contributed by atoms with Crippen LogP contribution in [0.4, 0.5) is 0 Å². The van der Waals surface area contributed by atoms with E-state index in [0.717, 1.165) is 0 Å². The Kier molecular flexibility index (Phi) is 5.77. The van der Waals surface area contributed by atoms with E-state index in [2.05, 4.69) is 9.97 Å². The van der Waals surface area contributed by atoms with E-state index in [9.17, 15) is 25.5 Å². The average Bonchev–Trinajstić information content (AvgIpc) is 2.37. The van der Waals surface area contributed by atoms with Crippen LogP contribution in [0, 0.1) is 0 Å². The van der Waals surface area contributed by atoms with Crippen LogP contribution in [0.1, 0.15) is 31.3 Å². The number of aliphatic hydroxyl groups is 5. The highest BCUT2D eigenvalue weighted by molar-refractivity contribution is 5.08. The van der Waals surface area contributed by atoms with Crippen molar-refractivity contribution in [3.8, 4) is 0 Å². The Balaban J connectivity index is 2.82. The van der Waals surface area contributed by atoms with Gasteiger partial charge in [0.25, 0.3) is 0 Å². The molecule has 0 aliphatic heterocycles. The van der Waals surface area contributed by atoms with Crippen molar-refractivity contribution in [3.05, 3.63) is 23.8 Å². The fraction of sp³-hybridized carbons (Fsp3) is 0.667. The van der Waals surface area contributed by atoms with Crippen LogP contribution in [-0.4, -0.2) is 59.9 Å². The van der Waals surface area contributed by atoms with Crippen LogP contribution in [0.3, 0.4) is 0 Å². The molecule has 1 aromatic rings. The molecule has 7 nitrogen and oxygen atoms in total. The molecule has 0 radical (unpaired) electrons. The first-order valence-electron chi connectivity index (χ1n) is 6.04. The maximum Gasteiger partial charge on any atom is 0.126 e. The zero-order valence-electron chi connectivity index (χ0n) is 10.9. The summed E-state index contributed by atoms with van der Waals surface area (Å²) in [5, 5.41) is 47.3. The minimum absolute atomic E-state index is 0.0794. The van der Waals surface area contributed by atoms with Gasteiger partial charge in [0.2, 0.25) is 0 Å². The van der Waals surface area contributed by atoms with Gasteiger partial charge in [-0.2, -0.15) is 0 Å². The van der Waals surface area contributed by atoms with E-state index in [4.69, 9.17) is 0 Å². The lowest BCUT2D eigenvalue weighted by Crippen LogP contribution is -2.31. The van der Waals surface area contributed by atoms with Crippen LogP contribution in [0.15, 0.2) is 12.4 Å². The first-order chi connectivity index (χ1) is 8.82. The summed E-state index contributed by atoms with van der Waals surface area (Å²) in [4.78, 5) is 7.90. The van der Waals surface area contributed by atoms with E-state index in [1.165, 1.54) is 26.2 Å². The molecule has 0 bridgehead atoms. The van der Waals surface area contributed by atoms with Crippen molar-refractivity contribution in [2.24, 2.45) is 0 Å². The number of hydrogen-bond acceptors (Lipinski definition) is 7. The minimum atomic E-state index is -1.37. The van der Waals surface area contributed by atoms with Gasteiger partial charge in [0.1, 0.15) is 12.2 Å². The molecule has 5 unspecified atom stereocenters. The standard InChI is InChI=1S/C12H20N2O5/c1-6(15)10(17)3-8-4-13-5-9(14-8)12(19)11(18)7(2)16/h4-7,10-12,15-19H,3H2,1-2H3. The minimum Gasteiger partial charge on any atom is -0.391 e. The van der Waals surface area contributed by atoms with E-state index >= 15 is 0 Å². The van der Waals surface area contributed by atoms with Gasteiger partial charge < -0.3 is 25.5 Å². The van der Waals surface area contributed by atoms with Gasteiger partial charge in [0, 0.05) is 12.6 Å². The molecule has 19 heavy (non-hydrogen) atoms.